The van der Waals surface area contributed by atoms with Crippen LogP contribution in [0.2, 0.25) is 0 Å². The van der Waals surface area contributed by atoms with Gasteiger partial charge in [0.05, 0.1) is 19.8 Å². The molecule has 0 unspecified atom stereocenters. The lowest BCUT2D eigenvalue weighted by Crippen LogP contribution is -2.45. The van der Waals surface area contributed by atoms with E-state index >= 15 is 0 Å². The van der Waals surface area contributed by atoms with Gasteiger partial charge >= 0.3 is 5.97 Å². The lowest BCUT2D eigenvalue weighted by molar-refractivity contribution is -0.169. The Morgan fingerprint density at radius 1 is 1.18 bits per heavy atom. The van der Waals surface area contributed by atoms with Gasteiger partial charge in [0.1, 0.15) is 6.61 Å². The molecule has 2 fully saturated rings. The van der Waals surface area contributed by atoms with Gasteiger partial charge in [0.15, 0.2) is 5.79 Å². The first-order valence-electron chi connectivity index (χ1n) is 7.58. The van der Waals surface area contributed by atoms with Crippen molar-refractivity contribution in [1.82, 2.24) is 0 Å². The summed E-state index contributed by atoms with van der Waals surface area (Å²) in [5.41, 5.74) is 2.13. The molecule has 2 saturated heterocycles. The van der Waals surface area contributed by atoms with Crippen molar-refractivity contribution in [1.29, 1.82) is 0 Å². The minimum Gasteiger partial charge on any atom is -0.480 e. The predicted molar refractivity (Wildman–Crippen MR) is 79.8 cm³/mol. The number of carboxylic acids is 1. The Balaban J connectivity index is 1.51. The Kier molecular flexibility index (Phi) is 4.61. The van der Waals surface area contributed by atoms with Crippen LogP contribution in [0, 0.1) is 0 Å². The van der Waals surface area contributed by atoms with Crippen LogP contribution in [0.1, 0.15) is 18.4 Å². The molecule has 120 valence electrons. The number of hydrogen-bond donors (Lipinski definition) is 1. The lowest BCUT2D eigenvalue weighted by atomic mass is 10.0. The SMILES string of the molecule is O=C(O)COCc1ccc(N2CCC3(CC2)OCCO3)cc1. The minimum absolute atomic E-state index is 0.268. The summed E-state index contributed by atoms with van der Waals surface area (Å²) in [5.74, 6) is -1.29. The summed E-state index contributed by atoms with van der Waals surface area (Å²) in [6.45, 7) is 3.27. The predicted octanol–water partition coefficient (Wildman–Crippen LogP) is 1.63. The van der Waals surface area contributed by atoms with E-state index in [9.17, 15) is 4.79 Å². The molecule has 2 heterocycles. The molecule has 0 amide bonds. The van der Waals surface area contributed by atoms with Gasteiger partial charge in [0.2, 0.25) is 0 Å². The molecule has 1 spiro atoms. The monoisotopic (exact) mass is 307 g/mol. The zero-order valence-electron chi connectivity index (χ0n) is 12.5. The average Bonchev–Trinajstić information content (AvgIpc) is 2.97. The standard InChI is InChI=1S/C16H21NO5/c18-15(19)12-20-11-13-1-3-14(4-2-13)17-7-5-16(6-8-17)21-9-10-22-16/h1-4H,5-12H2,(H,18,19). The van der Waals surface area contributed by atoms with Gasteiger partial charge in [-0.15, -0.1) is 0 Å². The topological polar surface area (TPSA) is 68.2 Å². The number of carboxylic acid groups (broad SMARTS) is 1. The zero-order valence-corrected chi connectivity index (χ0v) is 12.5. The molecule has 2 aliphatic heterocycles. The Morgan fingerprint density at radius 3 is 2.41 bits per heavy atom. The van der Waals surface area contributed by atoms with Crippen LogP contribution in [0.15, 0.2) is 24.3 Å². The van der Waals surface area contributed by atoms with Crippen LogP contribution in [-0.4, -0.2) is 49.8 Å². The minimum atomic E-state index is -0.949. The van der Waals surface area contributed by atoms with Crippen LogP contribution in [0.4, 0.5) is 5.69 Å². The third-order valence-corrected chi connectivity index (χ3v) is 4.13. The molecule has 0 bridgehead atoms. The van der Waals surface area contributed by atoms with Crippen molar-refractivity contribution in [2.24, 2.45) is 0 Å². The van der Waals surface area contributed by atoms with Gasteiger partial charge in [-0.1, -0.05) is 12.1 Å². The summed E-state index contributed by atoms with van der Waals surface area (Å²) in [6, 6.07) is 8.05. The largest absolute Gasteiger partial charge is 0.480 e. The number of benzene rings is 1. The molecule has 2 aliphatic rings. The van der Waals surface area contributed by atoms with Gasteiger partial charge < -0.3 is 24.2 Å². The third kappa shape index (κ3) is 3.58. The summed E-state index contributed by atoms with van der Waals surface area (Å²) < 4.78 is 16.6. The van der Waals surface area contributed by atoms with Crippen LogP contribution < -0.4 is 4.90 Å². The van der Waals surface area contributed by atoms with Gasteiger partial charge in [0.25, 0.3) is 0 Å². The molecular weight excluding hydrogens is 286 g/mol. The van der Waals surface area contributed by atoms with E-state index in [2.05, 4.69) is 4.90 Å². The fourth-order valence-corrected chi connectivity index (χ4v) is 2.95. The average molecular weight is 307 g/mol. The number of anilines is 1. The summed E-state index contributed by atoms with van der Waals surface area (Å²) in [4.78, 5) is 12.7. The second-order valence-corrected chi connectivity index (χ2v) is 5.65. The fraction of sp³-hybridized carbons (Fsp3) is 0.562. The number of ether oxygens (including phenoxy) is 3. The quantitative estimate of drug-likeness (QED) is 0.892. The van der Waals surface area contributed by atoms with Crippen molar-refractivity contribution < 1.29 is 24.1 Å². The van der Waals surface area contributed by atoms with E-state index in [1.165, 1.54) is 0 Å². The second-order valence-electron chi connectivity index (χ2n) is 5.65. The summed E-state index contributed by atoms with van der Waals surface area (Å²) >= 11 is 0. The Bertz CT molecular complexity index is 500. The zero-order chi connectivity index (χ0) is 15.4. The van der Waals surface area contributed by atoms with Gasteiger partial charge in [0, 0.05) is 31.6 Å². The summed E-state index contributed by atoms with van der Waals surface area (Å²) in [6.07, 6.45) is 1.77. The number of carbonyl (C=O) groups is 1. The Labute approximate surface area is 129 Å². The summed E-state index contributed by atoms with van der Waals surface area (Å²) in [5, 5.41) is 8.54. The normalized spacial score (nSPS) is 20.5. The van der Waals surface area contributed by atoms with Crippen molar-refractivity contribution in [3.63, 3.8) is 0 Å². The highest BCUT2D eigenvalue weighted by Crippen LogP contribution is 2.33. The lowest BCUT2D eigenvalue weighted by Gasteiger charge is -2.38. The van der Waals surface area contributed by atoms with E-state index in [0.717, 1.165) is 37.2 Å². The number of nitrogens with zero attached hydrogens (tertiary/aromatic N) is 1. The van der Waals surface area contributed by atoms with E-state index in [1.54, 1.807) is 0 Å². The molecule has 0 radical (unpaired) electrons. The number of piperidine rings is 1. The highest BCUT2D eigenvalue weighted by molar-refractivity contribution is 5.68. The number of hydrogen-bond acceptors (Lipinski definition) is 5. The molecule has 0 aliphatic carbocycles. The third-order valence-electron chi connectivity index (χ3n) is 4.13. The second kappa shape index (κ2) is 6.64. The van der Waals surface area contributed by atoms with E-state index in [4.69, 9.17) is 19.3 Å². The van der Waals surface area contributed by atoms with Gasteiger partial charge in [-0.3, -0.25) is 0 Å². The van der Waals surface area contributed by atoms with Crippen LogP contribution in [-0.2, 0) is 25.6 Å². The van der Waals surface area contributed by atoms with E-state index in [1.807, 2.05) is 24.3 Å². The smallest absolute Gasteiger partial charge is 0.329 e. The molecule has 0 aromatic heterocycles. The van der Waals surface area contributed by atoms with E-state index in [-0.39, 0.29) is 12.4 Å². The van der Waals surface area contributed by atoms with Crippen LogP contribution in [0.3, 0.4) is 0 Å². The van der Waals surface area contributed by atoms with Crippen molar-refractivity contribution in [2.75, 3.05) is 37.8 Å². The molecular formula is C16H21NO5. The maximum Gasteiger partial charge on any atom is 0.329 e. The molecule has 0 atom stereocenters. The molecule has 1 N–H and O–H groups in total. The first-order chi connectivity index (χ1) is 10.7. The Morgan fingerprint density at radius 2 is 1.82 bits per heavy atom. The van der Waals surface area contributed by atoms with Gasteiger partial charge in [-0.25, -0.2) is 4.79 Å². The number of aliphatic carboxylic acids is 1. The Hall–Kier alpha value is -1.63. The summed E-state index contributed by atoms with van der Waals surface area (Å²) in [7, 11) is 0. The van der Waals surface area contributed by atoms with Crippen molar-refractivity contribution in [3.05, 3.63) is 29.8 Å². The number of rotatable bonds is 5. The molecule has 0 saturated carbocycles. The van der Waals surface area contributed by atoms with Crippen molar-refractivity contribution >= 4 is 11.7 Å². The van der Waals surface area contributed by atoms with Crippen LogP contribution in [0.25, 0.3) is 0 Å². The molecule has 22 heavy (non-hydrogen) atoms. The fourth-order valence-electron chi connectivity index (χ4n) is 2.95. The van der Waals surface area contributed by atoms with Crippen LogP contribution >= 0.6 is 0 Å². The highest BCUT2D eigenvalue weighted by atomic mass is 16.7. The first kappa shape index (κ1) is 15.3. The van der Waals surface area contributed by atoms with Crippen molar-refractivity contribution in [2.45, 2.75) is 25.2 Å². The maximum absolute atomic E-state index is 10.4. The molecule has 1 aromatic rings. The maximum atomic E-state index is 10.4. The highest BCUT2D eigenvalue weighted by Gasteiger charge is 2.39. The van der Waals surface area contributed by atoms with E-state index in [0.29, 0.717) is 19.8 Å². The van der Waals surface area contributed by atoms with Gasteiger partial charge in [-0.2, -0.15) is 0 Å². The van der Waals surface area contributed by atoms with Crippen molar-refractivity contribution in [3.8, 4) is 0 Å². The molecule has 3 rings (SSSR count). The van der Waals surface area contributed by atoms with Gasteiger partial charge in [-0.05, 0) is 17.7 Å². The van der Waals surface area contributed by atoms with Crippen LogP contribution in [0.5, 0.6) is 0 Å². The molecule has 1 aromatic carbocycles. The first-order valence-corrected chi connectivity index (χ1v) is 7.58. The molecule has 6 nitrogen and oxygen atoms in total. The van der Waals surface area contributed by atoms with E-state index < -0.39 is 5.97 Å². The molecule has 6 heteroatoms.